The van der Waals surface area contributed by atoms with E-state index in [1.165, 1.54) is 19.2 Å². The SMILES string of the molecule is COc1cc(C)ccc1C(F)(F)CO. The van der Waals surface area contributed by atoms with Gasteiger partial charge in [-0.1, -0.05) is 6.07 Å². The van der Waals surface area contributed by atoms with Crippen molar-refractivity contribution < 1.29 is 18.6 Å². The summed E-state index contributed by atoms with van der Waals surface area (Å²) >= 11 is 0. The maximum absolute atomic E-state index is 13.1. The van der Waals surface area contributed by atoms with E-state index < -0.39 is 12.5 Å². The van der Waals surface area contributed by atoms with Gasteiger partial charge in [0, 0.05) is 0 Å². The Labute approximate surface area is 81.1 Å². The summed E-state index contributed by atoms with van der Waals surface area (Å²) in [5, 5.41) is 8.53. The van der Waals surface area contributed by atoms with E-state index in [4.69, 9.17) is 9.84 Å². The fraction of sp³-hybridized carbons (Fsp3) is 0.400. The lowest BCUT2D eigenvalue weighted by molar-refractivity contribution is -0.0571. The van der Waals surface area contributed by atoms with E-state index in [-0.39, 0.29) is 11.3 Å². The predicted octanol–water partition coefficient (Wildman–Crippen LogP) is 2.09. The lowest BCUT2D eigenvalue weighted by atomic mass is 10.1. The van der Waals surface area contributed by atoms with Crippen molar-refractivity contribution in [2.75, 3.05) is 13.7 Å². The van der Waals surface area contributed by atoms with Gasteiger partial charge >= 0.3 is 0 Å². The molecule has 78 valence electrons. The second kappa shape index (κ2) is 3.92. The highest BCUT2D eigenvalue weighted by atomic mass is 19.3. The Morgan fingerprint density at radius 2 is 2.07 bits per heavy atom. The van der Waals surface area contributed by atoms with Crippen molar-refractivity contribution in [2.45, 2.75) is 12.8 Å². The number of ether oxygens (including phenoxy) is 1. The number of aliphatic hydroxyl groups is 1. The van der Waals surface area contributed by atoms with Crippen LogP contribution in [0, 0.1) is 6.92 Å². The van der Waals surface area contributed by atoms with E-state index in [2.05, 4.69) is 0 Å². The Kier molecular flexibility index (Phi) is 3.06. The van der Waals surface area contributed by atoms with Gasteiger partial charge in [0.1, 0.15) is 12.4 Å². The molecule has 14 heavy (non-hydrogen) atoms. The Hall–Kier alpha value is -1.16. The molecule has 0 aliphatic heterocycles. The van der Waals surface area contributed by atoms with Gasteiger partial charge < -0.3 is 9.84 Å². The van der Waals surface area contributed by atoms with Crippen LogP contribution in [-0.2, 0) is 5.92 Å². The summed E-state index contributed by atoms with van der Waals surface area (Å²) in [5.74, 6) is -3.15. The highest BCUT2D eigenvalue weighted by Crippen LogP contribution is 2.34. The van der Waals surface area contributed by atoms with Crippen molar-refractivity contribution in [1.29, 1.82) is 0 Å². The van der Waals surface area contributed by atoms with E-state index in [1.54, 1.807) is 13.0 Å². The van der Waals surface area contributed by atoms with E-state index in [0.29, 0.717) is 0 Å². The van der Waals surface area contributed by atoms with Crippen LogP contribution in [0.15, 0.2) is 18.2 Å². The minimum Gasteiger partial charge on any atom is -0.496 e. The summed E-state index contributed by atoms with van der Waals surface area (Å²) in [5.41, 5.74) is 0.549. The predicted molar refractivity (Wildman–Crippen MR) is 48.7 cm³/mol. The number of aryl methyl sites for hydroxylation is 1. The molecule has 1 aromatic carbocycles. The van der Waals surface area contributed by atoms with Crippen LogP contribution >= 0.6 is 0 Å². The lowest BCUT2D eigenvalue weighted by Gasteiger charge is -2.17. The number of alkyl halides is 2. The lowest BCUT2D eigenvalue weighted by Crippen LogP contribution is -2.19. The molecule has 2 nitrogen and oxygen atoms in total. The van der Waals surface area contributed by atoms with Crippen molar-refractivity contribution >= 4 is 0 Å². The standard InChI is InChI=1S/C10H12F2O2/c1-7-3-4-8(9(5-7)14-2)10(11,12)6-13/h3-5,13H,6H2,1-2H3. The van der Waals surface area contributed by atoms with Crippen LogP contribution in [0.1, 0.15) is 11.1 Å². The number of benzene rings is 1. The molecule has 0 amide bonds. The van der Waals surface area contributed by atoms with Gasteiger partial charge in [0.05, 0.1) is 12.7 Å². The van der Waals surface area contributed by atoms with Gasteiger partial charge in [-0.05, 0) is 24.6 Å². The topological polar surface area (TPSA) is 29.5 Å². The molecule has 4 heteroatoms. The summed E-state index contributed by atoms with van der Waals surface area (Å²) in [6.45, 7) is 0.565. The minimum absolute atomic E-state index is 0.101. The van der Waals surface area contributed by atoms with E-state index in [1.807, 2.05) is 0 Å². The fourth-order valence-corrected chi connectivity index (χ4v) is 1.19. The first-order valence-electron chi connectivity index (χ1n) is 4.15. The van der Waals surface area contributed by atoms with Crippen LogP contribution in [0.5, 0.6) is 5.75 Å². The third kappa shape index (κ3) is 2.01. The van der Waals surface area contributed by atoms with Gasteiger partial charge in [0.15, 0.2) is 0 Å². The van der Waals surface area contributed by atoms with Crippen molar-refractivity contribution in [3.8, 4) is 5.75 Å². The second-order valence-corrected chi connectivity index (χ2v) is 3.07. The summed E-state index contributed by atoms with van der Waals surface area (Å²) < 4.78 is 31.1. The van der Waals surface area contributed by atoms with Crippen LogP contribution < -0.4 is 4.74 Å². The summed E-state index contributed by atoms with van der Waals surface area (Å²) in [6, 6.07) is 4.34. The molecule has 0 atom stereocenters. The highest BCUT2D eigenvalue weighted by Gasteiger charge is 2.33. The zero-order valence-corrected chi connectivity index (χ0v) is 8.05. The first-order chi connectivity index (χ1) is 6.51. The summed E-state index contributed by atoms with van der Waals surface area (Å²) in [6.07, 6.45) is 0. The first-order valence-corrected chi connectivity index (χ1v) is 4.15. The van der Waals surface area contributed by atoms with Crippen LogP contribution in [0.25, 0.3) is 0 Å². The molecule has 0 radical (unpaired) electrons. The van der Waals surface area contributed by atoms with Crippen LogP contribution in [0.3, 0.4) is 0 Å². The largest absolute Gasteiger partial charge is 0.496 e. The number of rotatable bonds is 3. The second-order valence-electron chi connectivity index (χ2n) is 3.07. The zero-order chi connectivity index (χ0) is 10.8. The number of methoxy groups -OCH3 is 1. The molecule has 0 aliphatic rings. The van der Waals surface area contributed by atoms with E-state index >= 15 is 0 Å². The molecule has 1 aromatic rings. The van der Waals surface area contributed by atoms with Crippen LogP contribution in [0.4, 0.5) is 8.78 Å². The highest BCUT2D eigenvalue weighted by molar-refractivity contribution is 5.39. The molecule has 0 saturated carbocycles. The summed E-state index contributed by atoms with van der Waals surface area (Å²) in [7, 11) is 1.33. The quantitative estimate of drug-likeness (QED) is 0.813. The molecule has 0 heterocycles. The normalized spacial score (nSPS) is 11.5. The van der Waals surface area contributed by atoms with Gasteiger partial charge in [0.25, 0.3) is 5.92 Å². The van der Waals surface area contributed by atoms with Crippen LogP contribution in [0.2, 0.25) is 0 Å². The average Bonchev–Trinajstić information content (AvgIpc) is 2.17. The van der Waals surface area contributed by atoms with Crippen LogP contribution in [-0.4, -0.2) is 18.8 Å². The van der Waals surface area contributed by atoms with Gasteiger partial charge in [-0.15, -0.1) is 0 Å². The Balaban J connectivity index is 3.20. The van der Waals surface area contributed by atoms with Crippen molar-refractivity contribution in [3.63, 3.8) is 0 Å². The monoisotopic (exact) mass is 202 g/mol. The molecule has 0 saturated heterocycles. The number of hydrogen-bond donors (Lipinski definition) is 1. The Bertz CT molecular complexity index is 324. The average molecular weight is 202 g/mol. The van der Waals surface area contributed by atoms with Crippen molar-refractivity contribution in [1.82, 2.24) is 0 Å². The smallest absolute Gasteiger partial charge is 0.299 e. The maximum Gasteiger partial charge on any atom is 0.299 e. The van der Waals surface area contributed by atoms with E-state index in [0.717, 1.165) is 5.56 Å². The molecular weight excluding hydrogens is 190 g/mol. The third-order valence-electron chi connectivity index (χ3n) is 1.95. The molecule has 0 bridgehead atoms. The van der Waals surface area contributed by atoms with E-state index in [9.17, 15) is 8.78 Å². The number of aliphatic hydroxyl groups excluding tert-OH is 1. The number of hydrogen-bond acceptors (Lipinski definition) is 2. The molecule has 1 rings (SSSR count). The maximum atomic E-state index is 13.1. The molecule has 0 aliphatic carbocycles. The van der Waals surface area contributed by atoms with Crippen molar-refractivity contribution in [3.05, 3.63) is 29.3 Å². The van der Waals surface area contributed by atoms with Gasteiger partial charge in [0.2, 0.25) is 0 Å². The molecule has 0 unspecified atom stereocenters. The Morgan fingerprint density at radius 1 is 1.43 bits per heavy atom. The van der Waals surface area contributed by atoms with Gasteiger partial charge in [-0.2, -0.15) is 8.78 Å². The molecule has 0 fully saturated rings. The van der Waals surface area contributed by atoms with Gasteiger partial charge in [-0.25, -0.2) is 0 Å². The number of halogens is 2. The molecular formula is C10H12F2O2. The molecule has 1 N–H and O–H groups in total. The van der Waals surface area contributed by atoms with Crippen molar-refractivity contribution in [2.24, 2.45) is 0 Å². The Morgan fingerprint density at radius 3 is 2.57 bits per heavy atom. The first kappa shape index (κ1) is 10.9. The zero-order valence-electron chi connectivity index (χ0n) is 8.05. The fourth-order valence-electron chi connectivity index (χ4n) is 1.19. The molecule has 0 aromatic heterocycles. The third-order valence-corrected chi connectivity index (χ3v) is 1.95. The molecule has 0 spiro atoms. The summed E-state index contributed by atoms with van der Waals surface area (Å²) in [4.78, 5) is 0. The minimum atomic E-state index is -3.25. The van der Waals surface area contributed by atoms with Gasteiger partial charge in [-0.3, -0.25) is 0 Å².